The molecule has 0 radical (unpaired) electrons. The second-order valence-corrected chi connectivity index (χ2v) is 10.9. The van der Waals surface area contributed by atoms with Gasteiger partial charge < -0.3 is 5.32 Å². The predicted molar refractivity (Wildman–Crippen MR) is 109 cm³/mol. The van der Waals surface area contributed by atoms with Crippen LogP contribution in [0.1, 0.15) is 53.3 Å². The van der Waals surface area contributed by atoms with Crippen LogP contribution in [-0.4, -0.2) is 37.3 Å². The number of nitrogens with one attached hydrogen (secondary N) is 2. The Bertz CT molecular complexity index is 1210. The smallest absolute Gasteiger partial charge is 0.320 e. The molecule has 7 nitrogen and oxygen atoms in total. The maximum Gasteiger partial charge on any atom is 0.420 e. The SMILES string of the molecule is CS(=N)(=O)c1cc(NC(=O)c2c(C(F)(F)F)c(C3CC3)nn2CC2CC(C(F)(F)F)C2)ccn1. The van der Waals surface area contributed by atoms with Crippen LogP contribution in [0.25, 0.3) is 0 Å². The number of pyridine rings is 1. The second kappa shape index (κ2) is 8.24. The van der Waals surface area contributed by atoms with Crippen molar-refractivity contribution in [2.45, 2.75) is 55.5 Å². The van der Waals surface area contributed by atoms with Crippen LogP contribution in [0.15, 0.2) is 23.4 Å². The van der Waals surface area contributed by atoms with E-state index in [1.54, 1.807) is 0 Å². The number of rotatable bonds is 6. The van der Waals surface area contributed by atoms with Gasteiger partial charge in [0.2, 0.25) is 0 Å². The van der Waals surface area contributed by atoms with Crippen molar-refractivity contribution in [1.29, 1.82) is 4.78 Å². The van der Waals surface area contributed by atoms with E-state index in [1.165, 1.54) is 6.07 Å². The maximum atomic E-state index is 14.0. The highest BCUT2D eigenvalue weighted by atomic mass is 32.2. The number of hydrogen-bond acceptors (Lipinski definition) is 5. The van der Waals surface area contributed by atoms with Gasteiger partial charge in [-0.2, -0.15) is 31.4 Å². The summed E-state index contributed by atoms with van der Waals surface area (Å²) in [6, 6.07) is 2.39. The molecule has 1 atom stereocenters. The minimum atomic E-state index is -4.90. The molecule has 34 heavy (non-hydrogen) atoms. The summed E-state index contributed by atoms with van der Waals surface area (Å²) in [5.74, 6) is -3.69. The molecule has 2 N–H and O–H groups in total. The highest BCUT2D eigenvalue weighted by molar-refractivity contribution is 7.91. The summed E-state index contributed by atoms with van der Waals surface area (Å²) < 4.78 is 101. The first kappa shape index (κ1) is 24.5. The predicted octanol–water partition coefficient (Wildman–Crippen LogP) is 5.05. The molecule has 2 saturated carbocycles. The molecule has 1 unspecified atom stereocenters. The van der Waals surface area contributed by atoms with Gasteiger partial charge in [-0.3, -0.25) is 9.48 Å². The minimum Gasteiger partial charge on any atom is -0.320 e. The number of hydrogen-bond donors (Lipinski definition) is 2. The molecule has 2 aromatic rings. The molecule has 0 aliphatic heterocycles. The van der Waals surface area contributed by atoms with Crippen LogP contribution in [0, 0.1) is 16.6 Å². The highest BCUT2D eigenvalue weighted by Crippen LogP contribution is 2.48. The fraction of sp³-hybridized carbons (Fsp3) is 0.550. The van der Waals surface area contributed by atoms with Crippen molar-refractivity contribution in [3.05, 3.63) is 35.3 Å². The molecule has 186 valence electrons. The Balaban J connectivity index is 1.68. The van der Waals surface area contributed by atoms with E-state index in [2.05, 4.69) is 15.4 Å². The Morgan fingerprint density at radius 3 is 2.41 bits per heavy atom. The number of alkyl halides is 6. The maximum absolute atomic E-state index is 14.0. The van der Waals surface area contributed by atoms with Crippen molar-refractivity contribution < 1.29 is 35.3 Å². The average Bonchev–Trinajstić information content (AvgIpc) is 3.42. The van der Waals surface area contributed by atoms with Crippen LogP contribution in [0.5, 0.6) is 0 Å². The second-order valence-electron chi connectivity index (χ2n) is 8.82. The fourth-order valence-electron chi connectivity index (χ4n) is 4.05. The van der Waals surface area contributed by atoms with Gasteiger partial charge in [0.05, 0.1) is 21.3 Å². The topological polar surface area (TPSA) is 101 Å². The van der Waals surface area contributed by atoms with Crippen LogP contribution in [0.2, 0.25) is 0 Å². The van der Waals surface area contributed by atoms with Crippen molar-refractivity contribution in [2.75, 3.05) is 11.6 Å². The van der Waals surface area contributed by atoms with Gasteiger partial charge >= 0.3 is 12.4 Å². The third-order valence-electron chi connectivity index (χ3n) is 5.96. The van der Waals surface area contributed by atoms with Gasteiger partial charge in [-0.1, -0.05) is 0 Å². The molecule has 1 amide bonds. The lowest BCUT2D eigenvalue weighted by atomic mass is 9.74. The summed E-state index contributed by atoms with van der Waals surface area (Å²) in [5, 5.41) is 6.18. The van der Waals surface area contributed by atoms with Gasteiger partial charge in [-0.05, 0) is 43.7 Å². The van der Waals surface area contributed by atoms with E-state index in [1.807, 2.05) is 0 Å². The first-order chi connectivity index (χ1) is 15.6. The lowest BCUT2D eigenvalue weighted by Gasteiger charge is -2.36. The molecule has 0 bridgehead atoms. The first-order valence-corrected chi connectivity index (χ1v) is 12.4. The minimum absolute atomic E-state index is 0.0218. The Morgan fingerprint density at radius 2 is 1.88 bits per heavy atom. The standard InChI is InChI=1S/C20H21F6N5O2S/c1-34(27,33)14-8-13(4-5-28-14)29-18(32)17-15(20(24,25)26)16(11-2-3-11)30-31(17)9-10-6-12(7-10)19(21,22)23/h4-5,8,10-12,27H,2-3,6-7,9H2,1H3,(H,28,29,32). The third-order valence-corrected chi connectivity index (χ3v) is 6.99. The Labute approximate surface area is 190 Å². The molecule has 2 aliphatic carbocycles. The molecular weight excluding hydrogens is 488 g/mol. The molecule has 0 saturated heterocycles. The average molecular weight is 509 g/mol. The monoisotopic (exact) mass is 509 g/mol. The van der Waals surface area contributed by atoms with Gasteiger partial charge in [0.25, 0.3) is 5.91 Å². The van der Waals surface area contributed by atoms with Crippen LogP contribution in [-0.2, 0) is 22.5 Å². The Kier molecular flexibility index (Phi) is 5.93. The fourth-order valence-corrected chi connectivity index (χ4v) is 4.67. The van der Waals surface area contributed by atoms with Crippen molar-refractivity contribution in [1.82, 2.24) is 14.8 Å². The molecule has 4 rings (SSSR count). The van der Waals surface area contributed by atoms with Crippen LogP contribution in [0.3, 0.4) is 0 Å². The number of anilines is 1. The molecule has 2 fully saturated rings. The van der Waals surface area contributed by atoms with Gasteiger partial charge in [0.1, 0.15) is 16.3 Å². The highest BCUT2D eigenvalue weighted by Gasteiger charge is 2.49. The number of halogens is 6. The van der Waals surface area contributed by atoms with E-state index in [4.69, 9.17) is 4.78 Å². The number of carbonyl (C=O) groups is 1. The Morgan fingerprint density at radius 1 is 1.24 bits per heavy atom. The first-order valence-electron chi connectivity index (χ1n) is 10.4. The molecular formula is C20H21F6N5O2S. The van der Waals surface area contributed by atoms with Gasteiger partial charge in [-0.15, -0.1) is 0 Å². The van der Waals surface area contributed by atoms with Crippen molar-refractivity contribution in [3.63, 3.8) is 0 Å². The van der Waals surface area contributed by atoms with E-state index >= 15 is 0 Å². The quantitative estimate of drug-likeness (QED) is 0.532. The van der Waals surface area contributed by atoms with Gasteiger partial charge in [0, 0.05) is 30.6 Å². The molecule has 0 aromatic carbocycles. The zero-order chi connectivity index (χ0) is 25.1. The number of aromatic nitrogens is 3. The van der Waals surface area contributed by atoms with Crippen molar-refractivity contribution >= 4 is 21.3 Å². The normalized spacial score (nSPS) is 22.7. The lowest BCUT2D eigenvalue weighted by Crippen LogP contribution is -2.38. The zero-order valence-corrected chi connectivity index (χ0v) is 18.7. The van der Waals surface area contributed by atoms with Crippen molar-refractivity contribution in [3.8, 4) is 0 Å². The van der Waals surface area contributed by atoms with Crippen LogP contribution in [0.4, 0.5) is 32.0 Å². The summed E-state index contributed by atoms with van der Waals surface area (Å²) in [6.07, 6.45) is -6.55. The van der Waals surface area contributed by atoms with Crippen LogP contribution < -0.4 is 5.32 Å². The van der Waals surface area contributed by atoms with Gasteiger partial charge in [-0.25, -0.2) is 14.0 Å². The summed E-state index contributed by atoms with van der Waals surface area (Å²) in [6.45, 7) is -0.248. The molecule has 14 heteroatoms. The van der Waals surface area contributed by atoms with Gasteiger partial charge in [0.15, 0.2) is 0 Å². The third kappa shape index (κ3) is 5.05. The summed E-state index contributed by atoms with van der Waals surface area (Å²) >= 11 is 0. The number of nitrogens with zero attached hydrogens (tertiary/aromatic N) is 3. The van der Waals surface area contributed by atoms with E-state index in [9.17, 15) is 35.3 Å². The van der Waals surface area contributed by atoms with E-state index < -0.39 is 57.0 Å². The van der Waals surface area contributed by atoms with Crippen molar-refractivity contribution in [2.24, 2.45) is 11.8 Å². The lowest BCUT2D eigenvalue weighted by molar-refractivity contribution is -0.205. The van der Waals surface area contributed by atoms with E-state index in [-0.39, 0.29) is 35.8 Å². The van der Waals surface area contributed by atoms with E-state index in [0.717, 1.165) is 23.2 Å². The summed E-state index contributed by atoms with van der Waals surface area (Å²) in [7, 11) is -3.25. The zero-order valence-electron chi connectivity index (χ0n) is 17.8. The molecule has 0 spiro atoms. The Hall–Kier alpha value is -2.64. The molecule has 2 heterocycles. The summed E-state index contributed by atoms with van der Waals surface area (Å²) in [4.78, 5) is 16.8. The van der Waals surface area contributed by atoms with E-state index in [0.29, 0.717) is 12.8 Å². The molecule has 2 aromatic heterocycles. The summed E-state index contributed by atoms with van der Waals surface area (Å²) in [5.41, 5.74) is -2.26. The largest absolute Gasteiger partial charge is 0.420 e. The number of amides is 1. The molecule has 2 aliphatic rings. The number of carbonyl (C=O) groups excluding carboxylic acids is 1. The van der Waals surface area contributed by atoms with Crippen LogP contribution >= 0.6 is 0 Å².